The maximum absolute atomic E-state index is 8.57. The topological polar surface area (TPSA) is 58.8 Å². The van der Waals surface area contributed by atoms with Crippen LogP contribution < -0.4 is 5.32 Å². The van der Waals surface area contributed by atoms with Crippen molar-refractivity contribution in [3.8, 4) is 0 Å². The Bertz CT molecular complexity index is 496. The highest BCUT2D eigenvalue weighted by atomic mass is 16.5. The standard InChI is InChI=1S/C13H19N3O2/c1-11-12(10-14-5-8-18-9-7-17)16-6-3-2-4-13(16)15-11/h2-4,6,14,17H,5,7-10H2,1H3. The molecule has 0 spiro atoms. The summed E-state index contributed by atoms with van der Waals surface area (Å²) < 4.78 is 7.28. The highest BCUT2D eigenvalue weighted by Gasteiger charge is 2.06. The minimum absolute atomic E-state index is 0.0758. The quantitative estimate of drug-likeness (QED) is 0.711. The molecule has 2 heterocycles. The second-order valence-electron chi connectivity index (χ2n) is 4.09. The molecule has 2 aromatic heterocycles. The van der Waals surface area contributed by atoms with Gasteiger partial charge < -0.3 is 19.6 Å². The number of pyridine rings is 1. The number of nitrogens with zero attached hydrogens (tertiary/aromatic N) is 2. The van der Waals surface area contributed by atoms with Crippen molar-refractivity contribution in [3.05, 3.63) is 35.8 Å². The maximum Gasteiger partial charge on any atom is 0.137 e. The molecule has 18 heavy (non-hydrogen) atoms. The van der Waals surface area contributed by atoms with Crippen molar-refractivity contribution < 1.29 is 9.84 Å². The van der Waals surface area contributed by atoms with E-state index in [0.29, 0.717) is 13.2 Å². The second-order valence-corrected chi connectivity index (χ2v) is 4.09. The molecular weight excluding hydrogens is 230 g/mol. The zero-order chi connectivity index (χ0) is 12.8. The SMILES string of the molecule is Cc1nc2ccccn2c1CNCCOCCO. The van der Waals surface area contributed by atoms with Crippen LogP contribution in [-0.4, -0.2) is 40.9 Å². The van der Waals surface area contributed by atoms with E-state index in [1.165, 1.54) is 5.69 Å². The van der Waals surface area contributed by atoms with Crippen molar-refractivity contribution in [2.45, 2.75) is 13.5 Å². The molecule has 0 aliphatic heterocycles. The molecule has 0 atom stereocenters. The Morgan fingerprint density at radius 2 is 2.28 bits per heavy atom. The fourth-order valence-corrected chi connectivity index (χ4v) is 1.89. The number of hydrogen-bond acceptors (Lipinski definition) is 4. The summed E-state index contributed by atoms with van der Waals surface area (Å²) in [5.74, 6) is 0. The normalized spacial score (nSPS) is 11.2. The van der Waals surface area contributed by atoms with Gasteiger partial charge in [0.15, 0.2) is 0 Å². The summed E-state index contributed by atoms with van der Waals surface area (Å²) >= 11 is 0. The molecular formula is C13H19N3O2. The van der Waals surface area contributed by atoms with Crippen LogP contribution in [0.5, 0.6) is 0 Å². The van der Waals surface area contributed by atoms with Crippen molar-refractivity contribution in [1.29, 1.82) is 0 Å². The number of imidazole rings is 1. The smallest absolute Gasteiger partial charge is 0.137 e. The molecule has 0 bridgehead atoms. The number of rotatable bonds is 7. The average Bonchev–Trinajstić information content (AvgIpc) is 2.70. The number of aliphatic hydroxyl groups is 1. The van der Waals surface area contributed by atoms with Crippen molar-refractivity contribution in [2.75, 3.05) is 26.4 Å². The molecule has 0 aliphatic carbocycles. The number of hydrogen-bond donors (Lipinski definition) is 2. The van der Waals surface area contributed by atoms with E-state index in [2.05, 4.69) is 14.7 Å². The van der Waals surface area contributed by atoms with Crippen molar-refractivity contribution in [3.63, 3.8) is 0 Å². The van der Waals surface area contributed by atoms with Gasteiger partial charge in [-0.3, -0.25) is 0 Å². The Hall–Kier alpha value is -1.43. The maximum atomic E-state index is 8.57. The predicted molar refractivity (Wildman–Crippen MR) is 69.5 cm³/mol. The number of nitrogens with one attached hydrogen (secondary N) is 1. The average molecular weight is 249 g/mol. The lowest BCUT2D eigenvalue weighted by atomic mass is 10.3. The van der Waals surface area contributed by atoms with Gasteiger partial charge in [-0.1, -0.05) is 6.07 Å². The second kappa shape index (κ2) is 6.49. The van der Waals surface area contributed by atoms with Gasteiger partial charge in [-0.25, -0.2) is 4.98 Å². The summed E-state index contributed by atoms with van der Waals surface area (Å²) in [6, 6.07) is 5.99. The van der Waals surface area contributed by atoms with Gasteiger partial charge in [0.25, 0.3) is 0 Å². The zero-order valence-corrected chi connectivity index (χ0v) is 10.6. The highest BCUT2D eigenvalue weighted by molar-refractivity contribution is 5.42. The molecule has 0 aromatic carbocycles. The van der Waals surface area contributed by atoms with E-state index in [1.54, 1.807) is 0 Å². The monoisotopic (exact) mass is 249 g/mol. The first kappa shape index (κ1) is 13.0. The first-order chi connectivity index (χ1) is 8.83. The first-order valence-electron chi connectivity index (χ1n) is 6.15. The van der Waals surface area contributed by atoms with E-state index < -0.39 is 0 Å². The molecule has 0 saturated carbocycles. The van der Waals surface area contributed by atoms with Crippen LogP contribution >= 0.6 is 0 Å². The van der Waals surface area contributed by atoms with Gasteiger partial charge in [-0.2, -0.15) is 0 Å². The van der Waals surface area contributed by atoms with Crippen LogP contribution in [0.4, 0.5) is 0 Å². The lowest BCUT2D eigenvalue weighted by Gasteiger charge is -2.06. The van der Waals surface area contributed by atoms with Gasteiger partial charge in [0, 0.05) is 19.3 Å². The zero-order valence-electron chi connectivity index (χ0n) is 10.6. The Labute approximate surface area is 106 Å². The molecule has 2 rings (SSSR count). The Balaban J connectivity index is 1.89. The Morgan fingerprint density at radius 1 is 1.39 bits per heavy atom. The molecule has 2 N–H and O–H groups in total. The predicted octanol–water partition coefficient (Wildman–Crippen LogP) is 0.741. The summed E-state index contributed by atoms with van der Waals surface area (Å²) in [6.45, 7) is 4.63. The summed E-state index contributed by atoms with van der Waals surface area (Å²) in [7, 11) is 0. The molecule has 0 amide bonds. The first-order valence-corrected chi connectivity index (χ1v) is 6.15. The molecule has 98 valence electrons. The van der Waals surface area contributed by atoms with Crippen LogP contribution in [0, 0.1) is 6.92 Å². The summed E-state index contributed by atoms with van der Waals surface area (Å²) in [6.07, 6.45) is 2.02. The third kappa shape index (κ3) is 3.07. The summed E-state index contributed by atoms with van der Waals surface area (Å²) in [5, 5.41) is 11.9. The molecule has 0 aliphatic rings. The number of aliphatic hydroxyl groups excluding tert-OH is 1. The van der Waals surface area contributed by atoms with E-state index in [9.17, 15) is 0 Å². The van der Waals surface area contributed by atoms with Gasteiger partial charge in [-0.15, -0.1) is 0 Å². The lowest BCUT2D eigenvalue weighted by molar-refractivity contribution is 0.0937. The number of fused-ring (bicyclic) bond motifs is 1. The van der Waals surface area contributed by atoms with Gasteiger partial charge in [0.05, 0.1) is 31.2 Å². The molecule has 5 heteroatoms. The van der Waals surface area contributed by atoms with Gasteiger partial charge in [-0.05, 0) is 19.1 Å². The van der Waals surface area contributed by atoms with E-state index in [4.69, 9.17) is 9.84 Å². The minimum Gasteiger partial charge on any atom is -0.394 e. The summed E-state index contributed by atoms with van der Waals surface area (Å²) in [5.41, 5.74) is 3.20. The largest absolute Gasteiger partial charge is 0.394 e. The Kier molecular flexibility index (Phi) is 4.69. The molecule has 0 radical (unpaired) electrons. The van der Waals surface area contributed by atoms with Crippen LogP contribution in [0.3, 0.4) is 0 Å². The van der Waals surface area contributed by atoms with Crippen LogP contribution in [0.2, 0.25) is 0 Å². The van der Waals surface area contributed by atoms with E-state index in [-0.39, 0.29) is 6.61 Å². The number of ether oxygens (including phenoxy) is 1. The number of aryl methyl sites for hydroxylation is 1. The minimum atomic E-state index is 0.0758. The molecule has 0 fully saturated rings. The van der Waals surface area contributed by atoms with Crippen molar-refractivity contribution in [2.24, 2.45) is 0 Å². The van der Waals surface area contributed by atoms with Crippen LogP contribution in [0.15, 0.2) is 24.4 Å². The molecule has 5 nitrogen and oxygen atoms in total. The molecule has 2 aromatic rings. The van der Waals surface area contributed by atoms with Gasteiger partial charge >= 0.3 is 0 Å². The summed E-state index contributed by atoms with van der Waals surface area (Å²) in [4.78, 5) is 4.50. The molecule has 0 unspecified atom stereocenters. The van der Waals surface area contributed by atoms with Crippen LogP contribution in [0.1, 0.15) is 11.4 Å². The van der Waals surface area contributed by atoms with E-state index in [0.717, 1.165) is 24.4 Å². The molecule has 0 saturated heterocycles. The highest BCUT2D eigenvalue weighted by Crippen LogP contribution is 2.10. The Morgan fingerprint density at radius 3 is 3.11 bits per heavy atom. The van der Waals surface area contributed by atoms with Crippen molar-refractivity contribution >= 4 is 5.65 Å². The van der Waals surface area contributed by atoms with Crippen molar-refractivity contribution in [1.82, 2.24) is 14.7 Å². The third-order valence-corrected chi connectivity index (χ3v) is 2.78. The van der Waals surface area contributed by atoms with Crippen LogP contribution in [0.25, 0.3) is 5.65 Å². The van der Waals surface area contributed by atoms with E-state index in [1.807, 2.05) is 31.3 Å². The van der Waals surface area contributed by atoms with Gasteiger partial charge in [0.2, 0.25) is 0 Å². The lowest BCUT2D eigenvalue weighted by Crippen LogP contribution is -2.21. The van der Waals surface area contributed by atoms with Gasteiger partial charge in [0.1, 0.15) is 5.65 Å². The fraction of sp³-hybridized carbons (Fsp3) is 0.462. The van der Waals surface area contributed by atoms with E-state index >= 15 is 0 Å². The van der Waals surface area contributed by atoms with Crippen LogP contribution in [-0.2, 0) is 11.3 Å². The number of aromatic nitrogens is 2. The fourth-order valence-electron chi connectivity index (χ4n) is 1.89. The third-order valence-electron chi connectivity index (χ3n) is 2.78.